The average Bonchev–Trinajstić information content (AvgIpc) is 2.70. The van der Waals surface area contributed by atoms with Gasteiger partial charge in [-0.3, -0.25) is 4.79 Å². The van der Waals surface area contributed by atoms with E-state index in [2.05, 4.69) is 20.6 Å². The predicted octanol–water partition coefficient (Wildman–Crippen LogP) is 4.93. The van der Waals surface area contributed by atoms with Gasteiger partial charge < -0.3 is 15.5 Å². The number of benzene rings is 1. The summed E-state index contributed by atoms with van der Waals surface area (Å²) in [6, 6.07) is 5.06. The van der Waals surface area contributed by atoms with Crippen LogP contribution in [0.2, 0.25) is 5.02 Å². The number of halogens is 6. The van der Waals surface area contributed by atoms with Crippen molar-refractivity contribution in [2.75, 3.05) is 24.3 Å². The van der Waals surface area contributed by atoms with Crippen molar-refractivity contribution in [1.82, 2.24) is 15.3 Å². The third-order valence-corrected chi connectivity index (χ3v) is 5.31. The van der Waals surface area contributed by atoms with Crippen molar-refractivity contribution in [2.24, 2.45) is 0 Å². The number of nitrogens with zero attached hydrogens (tertiary/aromatic N) is 3. The molecule has 1 saturated carbocycles. The van der Waals surface area contributed by atoms with Gasteiger partial charge in [-0.15, -0.1) is 12.4 Å². The maximum atomic E-state index is 13.3. The fourth-order valence-electron chi connectivity index (χ4n) is 3.36. The van der Waals surface area contributed by atoms with Crippen LogP contribution >= 0.6 is 24.0 Å². The Morgan fingerprint density at radius 1 is 1.09 bits per heavy atom. The molecule has 0 atom stereocenters. The average molecular weight is 496 g/mol. The van der Waals surface area contributed by atoms with Gasteiger partial charge in [0.05, 0.1) is 5.02 Å². The van der Waals surface area contributed by atoms with E-state index in [0.717, 1.165) is 6.07 Å². The van der Waals surface area contributed by atoms with Crippen molar-refractivity contribution in [3.63, 3.8) is 0 Å². The van der Waals surface area contributed by atoms with Crippen LogP contribution in [0, 0.1) is 5.82 Å². The van der Waals surface area contributed by atoms with Crippen molar-refractivity contribution in [3.05, 3.63) is 46.5 Å². The number of hydrogen-bond acceptors (Lipinski definition) is 5. The summed E-state index contributed by atoms with van der Waals surface area (Å²) in [5.74, 6) is -1.87. The number of hydrogen-bond donors (Lipinski definition) is 2. The highest BCUT2D eigenvalue weighted by Gasteiger charge is 2.36. The van der Waals surface area contributed by atoms with E-state index in [1.165, 1.54) is 23.1 Å². The summed E-state index contributed by atoms with van der Waals surface area (Å²) in [5.41, 5.74) is 0.267. The molecule has 1 fully saturated rings. The lowest BCUT2D eigenvalue weighted by Gasteiger charge is -2.30. The highest BCUT2D eigenvalue weighted by Crippen LogP contribution is 2.30. The zero-order valence-corrected chi connectivity index (χ0v) is 18.9. The lowest BCUT2D eigenvalue weighted by molar-refractivity contribution is -0.144. The zero-order chi connectivity index (χ0) is 22.8. The molecule has 1 aromatic heterocycles. The quantitative estimate of drug-likeness (QED) is 0.575. The fourth-order valence-corrected chi connectivity index (χ4v) is 3.54. The van der Waals surface area contributed by atoms with E-state index in [9.17, 15) is 22.4 Å². The number of alkyl halides is 3. The Morgan fingerprint density at radius 2 is 1.72 bits per heavy atom. The molecule has 0 aliphatic heterocycles. The topological polar surface area (TPSA) is 70.2 Å². The fraction of sp³-hybridized carbons (Fsp3) is 0.450. The van der Waals surface area contributed by atoms with E-state index >= 15 is 0 Å². The third kappa shape index (κ3) is 6.59. The molecule has 32 heavy (non-hydrogen) atoms. The summed E-state index contributed by atoms with van der Waals surface area (Å²) in [7, 11) is 3.21. The second kappa shape index (κ2) is 10.5. The van der Waals surface area contributed by atoms with E-state index in [-0.39, 0.29) is 52.6 Å². The number of carbonyl (C=O) groups excluding carboxylic acids is 1. The summed E-state index contributed by atoms with van der Waals surface area (Å²) in [6.45, 7) is 0. The Balaban J connectivity index is 0.00000363. The zero-order valence-electron chi connectivity index (χ0n) is 17.3. The summed E-state index contributed by atoms with van der Waals surface area (Å²) in [6.07, 6.45) is -2.10. The summed E-state index contributed by atoms with van der Waals surface area (Å²) in [5, 5.41) is 5.82. The number of nitrogens with one attached hydrogen (secondary N) is 2. The second-order valence-electron chi connectivity index (χ2n) is 7.62. The number of carbonyl (C=O) groups is 1. The molecule has 0 bridgehead atoms. The van der Waals surface area contributed by atoms with Gasteiger partial charge in [0, 0.05) is 37.8 Å². The first-order chi connectivity index (χ1) is 14.5. The normalized spacial score (nSPS) is 18.5. The van der Waals surface area contributed by atoms with Crippen molar-refractivity contribution in [2.45, 2.75) is 43.9 Å². The third-order valence-electron chi connectivity index (χ3n) is 5.02. The standard InChI is InChI=1S/C20H22ClF4N5O.ClH/c1-30(2)17-10-16(28-19(29-17)20(23,24)25)26-12-4-6-13(7-5-12)27-18(31)11-3-8-15(22)14(21)9-11;/h3,8-10,12-13H,4-7H2,1-2H3,(H,27,31)(H,26,28,29);1H/t12-,13+;. The van der Waals surface area contributed by atoms with Crippen molar-refractivity contribution in [3.8, 4) is 0 Å². The van der Waals surface area contributed by atoms with Gasteiger partial charge in [-0.2, -0.15) is 13.2 Å². The van der Waals surface area contributed by atoms with E-state index in [1.807, 2.05) is 0 Å². The minimum atomic E-state index is -4.65. The summed E-state index contributed by atoms with van der Waals surface area (Å²) in [4.78, 5) is 21.0. The number of amides is 1. The molecule has 12 heteroatoms. The van der Waals surface area contributed by atoms with Gasteiger partial charge >= 0.3 is 6.18 Å². The maximum absolute atomic E-state index is 13.3. The smallest absolute Gasteiger partial charge is 0.367 e. The van der Waals surface area contributed by atoms with Crippen molar-refractivity contribution >= 4 is 41.6 Å². The molecule has 0 saturated heterocycles. The molecular formula is C20H23Cl2F4N5O. The van der Waals surface area contributed by atoms with Gasteiger partial charge in [0.15, 0.2) is 0 Å². The largest absolute Gasteiger partial charge is 0.451 e. The Labute approximate surface area is 194 Å². The van der Waals surface area contributed by atoms with Gasteiger partial charge in [-0.05, 0) is 43.9 Å². The monoisotopic (exact) mass is 495 g/mol. The molecule has 1 aliphatic carbocycles. The van der Waals surface area contributed by atoms with Crippen LogP contribution in [-0.2, 0) is 6.18 Å². The number of rotatable bonds is 5. The summed E-state index contributed by atoms with van der Waals surface area (Å²) >= 11 is 5.72. The molecule has 176 valence electrons. The molecule has 0 unspecified atom stereocenters. The lowest BCUT2D eigenvalue weighted by Crippen LogP contribution is -2.40. The molecule has 1 aliphatic rings. The van der Waals surface area contributed by atoms with Gasteiger partial charge in [0.1, 0.15) is 17.5 Å². The van der Waals surface area contributed by atoms with Gasteiger partial charge in [-0.25, -0.2) is 14.4 Å². The first-order valence-electron chi connectivity index (χ1n) is 9.69. The summed E-state index contributed by atoms with van der Waals surface area (Å²) < 4.78 is 52.6. The van der Waals surface area contributed by atoms with Crippen LogP contribution in [0.3, 0.4) is 0 Å². The van der Waals surface area contributed by atoms with Crippen molar-refractivity contribution in [1.29, 1.82) is 0 Å². The van der Waals surface area contributed by atoms with E-state index in [4.69, 9.17) is 11.6 Å². The van der Waals surface area contributed by atoms with Gasteiger partial charge in [0.2, 0.25) is 5.82 Å². The Kier molecular flexibility index (Phi) is 8.53. The van der Waals surface area contributed by atoms with Gasteiger partial charge in [0.25, 0.3) is 5.91 Å². The predicted molar refractivity (Wildman–Crippen MR) is 117 cm³/mol. The first-order valence-corrected chi connectivity index (χ1v) is 10.1. The van der Waals surface area contributed by atoms with E-state index < -0.39 is 17.8 Å². The molecule has 1 aromatic carbocycles. The van der Waals surface area contributed by atoms with E-state index in [1.54, 1.807) is 14.1 Å². The molecular weight excluding hydrogens is 473 g/mol. The molecule has 6 nitrogen and oxygen atoms in total. The lowest BCUT2D eigenvalue weighted by atomic mass is 9.91. The molecule has 1 heterocycles. The minimum absolute atomic E-state index is 0. The van der Waals surface area contributed by atoms with Crippen LogP contribution in [0.1, 0.15) is 41.9 Å². The van der Waals surface area contributed by atoms with Crippen LogP contribution in [0.5, 0.6) is 0 Å². The van der Waals surface area contributed by atoms with Crippen LogP contribution in [0.25, 0.3) is 0 Å². The second-order valence-corrected chi connectivity index (χ2v) is 8.03. The SMILES string of the molecule is CN(C)c1cc(N[C@H]2CC[C@@H](NC(=O)c3ccc(F)c(Cl)c3)CC2)nc(C(F)(F)F)n1.Cl. The Bertz CT molecular complexity index is 950. The van der Waals surface area contributed by atoms with Crippen LogP contribution in [0.15, 0.2) is 24.3 Å². The molecule has 0 radical (unpaired) electrons. The van der Waals surface area contributed by atoms with Gasteiger partial charge in [-0.1, -0.05) is 11.6 Å². The van der Waals surface area contributed by atoms with Crippen molar-refractivity contribution < 1.29 is 22.4 Å². The molecule has 3 rings (SSSR count). The van der Waals surface area contributed by atoms with E-state index in [0.29, 0.717) is 25.7 Å². The minimum Gasteiger partial charge on any atom is -0.367 e. The maximum Gasteiger partial charge on any atom is 0.451 e. The Morgan fingerprint density at radius 3 is 2.28 bits per heavy atom. The molecule has 2 N–H and O–H groups in total. The van der Waals surface area contributed by atoms with Crippen LogP contribution in [0.4, 0.5) is 29.2 Å². The first kappa shape index (κ1) is 25.9. The molecule has 2 aromatic rings. The Hall–Kier alpha value is -2.33. The number of anilines is 2. The molecule has 0 spiro atoms. The highest BCUT2D eigenvalue weighted by molar-refractivity contribution is 6.31. The molecule has 1 amide bonds. The van der Waals surface area contributed by atoms with Crippen LogP contribution in [-0.4, -0.2) is 42.1 Å². The highest BCUT2D eigenvalue weighted by atomic mass is 35.5. The van der Waals surface area contributed by atoms with Crippen LogP contribution < -0.4 is 15.5 Å². The number of aromatic nitrogens is 2.